The fraction of sp³-hybridized carbons (Fsp3) is 0.346. The maximum Gasteiger partial charge on any atom is 0.144 e. The van der Waals surface area contributed by atoms with Gasteiger partial charge in [-0.05, 0) is 47.2 Å². The van der Waals surface area contributed by atoms with Crippen LogP contribution in [0.1, 0.15) is 39.2 Å². The van der Waals surface area contributed by atoms with Crippen LogP contribution >= 0.6 is 0 Å². The molecule has 150 valence electrons. The van der Waals surface area contributed by atoms with Gasteiger partial charge in [-0.1, -0.05) is 70.7 Å². The van der Waals surface area contributed by atoms with E-state index in [-0.39, 0.29) is 5.41 Å². The molecular formula is C26H31NOSi. The number of fused-ring (bicyclic) bond motifs is 3. The summed E-state index contributed by atoms with van der Waals surface area (Å²) in [6.07, 6.45) is 4.29. The van der Waals surface area contributed by atoms with Crippen molar-refractivity contribution < 1.29 is 4.42 Å². The van der Waals surface area contributed by atoms with Gasteiger partial charge in [-0.15, -0.1) is 0 Å². The Morgan fingerprint density at radius 2 is 1.66 bits per heavy atom. The maximum atomic E-state index is 6.40. The molecule has 2 aromatic heterocycles. The Bertz CT molecular complexity index is 1160. The highest BCUT2D eigenvalue weighted by atomic mass is 28.3. The second-order valence-electron chi connectivity index (χ2n) is 9.41. The number of hydrogen-bond acceptors (Lipinski definition) is 2. The normalized spacial score (nSPS) is 12.8. The third-order valence-electron chi connectivity index (χ3n) is 6.63. The molecule has 0 N–H and O–H groups in total. The van der Waals surface area contributed by atoms with E-state index in [0.29, 0.717) is 0 Å². The molecular weight excluding hydrogens is 370 g/mol. The van der Waals surface area contributed by atoms with Gasteiger partial charge in [0.05, 0.1) is 13.8 Å². The second-order valence-corrected chi connectivity index (χ2v) is 14.5. The molecule has 0 saturated heterocycles. The molecule has 4 rings (SSSR count). The fourth-order valence-corrected chi connectivity index (χ4v) is 5.80. The van der Waals surface area contributed by atoms with Crippen molar-refractivity contribution >= 4 is 35.2 Å². The molecule has 0 aliphatic rings. The molecule has 0 unspecified atom stereocenters. The summed E-state index contributed by atoms with van der Waals surface area (Å²) >= 11 is 0. The Kier molecular flexibility index (Phi) is 4.90. The van der Waals surface area contributed by atoms with Crippen LogP contribution in [0.15, 0.2) is 59.1 Å². The highest BCUT2D eigenvalue weighted by Crippen LogP contribution is 2.36. The summed E-state index contributed by atoms with van der Waals surface area (Å²) < 4.78 is 6.40. The van der Waals surface area contributed by atoms with Crippen LogP contribution in [0.2, 0.25) is 19.6 Å². The van der Waals surface area contributed by atoms with E-state index in [1.165, 1.54) is 21.5 Å². The van der Waals surface area contributed by atoms with E-state index in [2.05, 4.69) is 89.1 Å². The molecule has 0 bridgehead atoms. The summed E-state index contributed by atoms with van der Waals surface area (Å²) in [5.41, 5.74) is 5.48. The van der Waals surface area contributed by atoms with Crippen molar-refractivity contribution in [3.63, 3.8) is 0 Å². The van der Waals surface area contributed by atoms with Crippen molar-refractivity contribution in [3.8, 4) is 11.3 Å². The van der Waals surface area contributed by atoms with E-state index in [4.69, 9.17) is 9.40 Å². The lowest BCUT2D eigenvalue weighted by Crippen LogP contribution is -2.37. The zero-order valence-electron chi connectivity index (χ0n) is 18.5. The molecule has 0 fully saturated rings. The van der Waals surface area contributed by atoms with Crippen molar-refractivity contribution in [3.05, 3.63) is 60.3 Å². The third kappa shape index (κ3) is 3.32. The molecule has 2 heterocycles. The summed E-state index contributed by atoms with van der Waals surface area (Å²) in [7, 11) is -1.53. The van der Waals surface area contributed by atoms with Gasteiger partial charge in [0.2, 0.25) is 0 Å². The number of furan rings is 1. The first-order chi connectivity index (χ1) is 13.8. The SMILES string of the molecule is CCC(C)(CC)c1ccc(-c2ccc([Si](C)(C)C)c3c2oc2ccccc23)nc1. The Hall–Kier alpha value is -2.39. The predicted octanol–water partition coefficient (Wildman–Crippen LogP) is 7.27. The fourth-order valence-electron chi connectivity index (χ4n) is 4.22. The summed E-state index contributed by atoms with van der Waals surface area (Å²) in [6, 6.07) is 17.3. The second kappa shape index (κ2) is 7.14. The van der Waals surface area contributed by atoms with E-state index >= 15 is 0 Å². The van der Waals surface area contributed by atoms with Crippen LogP contribution in [0.3, 0.4) is 0 Å². The minimum Gasteiger partial charge on any atom is -0.455 e. The van der Waals surface area contributed by atoms with Gasteiger partial charge < -0.3 is 4.42 Å². The van der Waals surface area contributed by atoms with E-state index in [1.807, 2.05) is 6.07 Å². The van der Waals surface area contributed by atoms with E-state index < -0.39 is 8.07 Å². The molecule has 0 atom stereocenters. The minimum absolute atomic E-state index is 0.182. The van der Waals surface area contributed by atoms with Crippen molar-refractivity contribution in [1.82, 2.24) is 4.98 Å². The van der Waals surface area contributed by atoms with Crippen molar-refractivity contribution in [1.29, 1.82) is 0 Å². The zero-order chi connectivity index (χ0) is 20.8. The molecule has 3 heteroatoms. The third-order valence-corrected chi connectivity index (χ3v) is 8.66. The zero-order valence-corrected chi connectivity index (χ0v) is 19.5. The van der Waals surface area contributed by atoms with Crippen LogP contribution in [0.5, 0.6) is 0 Å². The molecule has 2 nitrogen and oxygen atoms in total. The van der Waals surface area contributed by atoms with Gasteiger partial charge in [-0.25, -0.2) is 0 Å². The van der Waals surface area contributed by atoms with Crippen LogP contribution in [0, 0.1) is 0 Å². The number of nitrogens with zero attached hydrogens (tertiary/aromatic N) is 1. The first-order valence-electron chi connectivity index (χ1n) is 10.7. The Morgan fingerprint density at radius 3 is 2.28 bits per heavy atom. The minimum atomic E-state index is -1.53. The van der Waals surface area contributed by atoms with Gasteiger partial charge in [0.15, 0.2) is 0 Å². The van der Waals surface area contributed by atoms with E-state index in [9.17, 15) is 0 Å². The van der Waals surface area contributed by atoms with Crippen LogP contribution in [0.4, 0.5) is 0 Å². The van der Waals surface area contributed by atoms with Crippen LogP contribution in [0.25, 0.3) is 33.2 Å². The Morgan fingerprint density at radius 1 is 0.931 bits per heavy atom. The molecule has 0 saturated carbocycles. The standard InChI is InChI=1S/C26H31NOSi/c1-7-26(3,8-2)18-13-15-21(27-17-18)19-14-16-23(29(4,5)6)24-20-11-9-10-12-22(20)28-25(19)24/h9-17H,7-8H2,1-6H3. The van der Waals surface area contributed by atoms with E-state index in [0.717, 1.165) is 35.3 Å². The quantitative estimate of drug-likeness (QED) is 0.329. The number of aromatic nitrogens is 1. The predicted molar refractivity (Wildman–Crippen MR) is 128 cm³/mol. The van der Waals surface area contributed by atoms with Crippen molar-refractivity contribution in [2.24, 2.45) is 0 Å². The summed E-state index contributed by atoms with van der Waals surface area (Å²) in [6.45, 7) is 14.0. The Balaban J connectivity index is 1.94. The molecule has 0 radical (unpaired) electrons. The lowest BCUT2D eigenvalue weighted by Gasteiger charge is -2.27. The summed E-state index contributed by atoms with van der Waals surface area (Å²) in [5.74, 6) is 0. The highest BCUT2D eigenvalue weighted by molar-refractivity contribution is 6.90. The topological polar surface area (TPSA) is 26.0 Å². The summed E-state index contributed by atoms with van der Waals surface area (Å²) in [5, 5.41) is 3.93. The molecule has 2 aromatic carbocycles. The lowest BCUT2D eigenvalue weighted by atomic mass is 9.78. The van der Waals surface area contributed by atoms with Gasteiger partial charge >= 0.3 is 0 Å². The Labute approximate surface area is 175 Å². The molecule has 0 spiro atoms. The monoisotopic (exact) mass is 401 g/mol. The number of benzene rings is 2. The molecule has 0 amide bonds. The van der Waals surface area contributed by atoms with Gasteiger partial charge in [0.25, 0.3) is 0 Å². The van der Waals surface area contributed by atoms with E-state index in [1.54, 1.807) is 0 Å². The molecule has 0 aliphatic heterocycles. The lowest BCUT2D eigenvalue weighted by molar-refractivity contribution is 0.437. The first-order valence-corrected chi connectivity index (χ1v) is 14.2. The average Bonchev–Trinajstić information content (AvgIpc) is 3.11. The van der Waals surface area contributed by atoms with Crippen molar-refractivity contribution in [2.45, 2.75) is 58.7 Å². The number of hydrogen-bond donors (Lipinski definition) is 0. The molecule has 0 aliphatic carbocycles. The van der Waals surface area contributed by atoms with Crippen LogP contribution in [-0.4, -0.2) is 13.1 Å². The molecule has 4 aromatic rings. The molecule has 29 heavy (non-hydrogen) atoms. The summed E-state index contributed by atoms with van der Waals surface area (Å²) in [4.78, 5) is 4.87. The number of pyridine rings is 1. The van der Waals surface area contributed by atoms with Gasteiger partial charge in [-0.2, -0.15) is 0 Å². The average molecular weight is 402 g/mol. The number of para-hydroxylation sites is 1. The van der Waals surface area contributed by atoms with Crippen LogP contribution < -0.4 is 5.19 Å². The van der Waals surface area contributed by atoms with Gasteiger partial charge in [0, 0.05) is 22.5 Å². The highest BCUT2D eigenvalue weighted by Gasteiger charge is 2.26. The smallest absolute Gasteiger partial charge is 0.144 e. The van der Waals surface area contributed by atoms with Gasteiger partial charge in [0.1, 0.15) is 11.2 Å². The number of rotatable bonds is 5. The maximum absolute atomic E-state index is 6.40. The van der Waals surface area contributed by atoms with Crippen LogP contribution in [-0.2, 0) is 5.41 Å². The van der Waals surface area contributed by atoms with Gasteiger partial charge in [-0.3, -0.25) is 4.98 Å². The first kappa shape index (κ1) is 19.9. The largest absolute Gasteiger partial charge is 0.455 e. The van der Waals surface area contributed by atoms with Crippen molar-refractivity contribution in [2.75, 3.05) is 0 Å².